The molecule has 1 aromatic carbocycles. The Bertz CT molecular complexity index is 1250. The molecule has 2 saturated heterocycles. The summed E-state index contributed by atoms with van der Waals surface area (Å²) in [6.45, 7) is 1.51. The topological polar surface area (TPSA) is 123 Å². The second kappa shape index (κ2) is 15.2. The number of hydrogen-bond acceptors (Lipinski definition) is 7. The summed E-state index contributed by atoms with van der Waals surface area (Å²) in [5.74, 6) is -0.961. The van der Waals surface area contributed by atoms with Crippen LogP contribution in [-0.4, -0.2) is 105 Å². The SMILES string of the molecule is CN(C)CCC[C@H]1CCCN(C(=O)OCc2ccccc2)[C@]1(I)C(=O)N1CCN(C(=O)O)CC1C(=O)NCc1cccs1. The maximum Gasteiger partial charge on any atom is 0.411 e. The normalized spacial score (nSPS) is 22.4. The number of hydrogen-bond donors (Lipinski definition) is 2. The van der Waals surface area contributed by atoms with Crippen LogP contribution in [-0.2, 0) is 27.5 Å². The van der Waals surface area contributed by atoms with Crippen molar-refractivity contribution in [1.82, 2.24) is 24.9 Å². The number of carbonyl (C=O) groups excluding carboxylic acids is 3. The minimum absolute atomic E-state index is 0.0459. The summed E-state index contributed by atoms with van der Waals surface area (Å²) in [7, 11) is 4.00. The molecule has 3 heterocycles. The molecule has 0 aliphatic carbocycles. The monoisotopic (exact) mass is 725 g/mol. The molecule has 4 amide bonds. The number of amides is 4. The maximum atomic E-state index is 14.7. The van der Waals surface area contributed by atoms with Crippen molar-refractivity contribution < 1.29 is 29.0 Å². The van der Waals surface area contributed by atoms with Gasteiger partial charge in [0.05, 0.1) is 13.1 Å². The minimum atomic E-state index is -1.30. The van der Waals surface area contributed by atoms with Gasteiger partial charge < -0.3 is 29.9 Å². The molecule has 1 unspecified atom stereocenters. The first-order chi connectivity index (χ1) is 20.6. The van der Waals surface area contributed by atoms with E-state index in [4.69, 9.17) is 4.74 Å². The first kappa shape index (κ1) is 33.0. The quantitative estimate of drug-likeness (QED) is 0.215. The van der Waals surface area contributed by atoms with Gasteiger partial charge in [-0.1, -0.05) is 36.4 Å². The van der Waals surface area contributed by atoms with Crippen molar-refractivity contribution in [2.45, 2.75) is 48.4 Å². The van der Waals surface area contributed by atoms with Crippen molar-refractivity contribution in [3.8, 4) is 0 Å². The molecule has 43 heavy (non-hydrogen) atoms. The number of halogens is 1. The van der Waals surface area contributed by atoms with Gasteiger partial charge in [0.15, 0.2) is 3.55 Å². The predicted molar refractivity (Wildman–Crippen MR) is 172 cm³/mol. The summed E-state index contributed by atoms with van der Waals surface area (Å²) < 4.78 is 4.44. The lowest BCUT2D eigenvalue weighted by atomic mass is 9.84. The Labute approximate surface area is 270 Å². The largest absolute Gasteiger partial charge is 0.465 e. The zero-order chi connectivity index (χ0) is 31.0. The summed E-state index contributed by atoms with van der Waals surface area (Å²) in [6, 6.07) is 12.1. The van der Waals surface area contributed by atoms with Gasteiger partial charge in [0, 0.05) is 30.4 Å². The van der Waals surface area contributed by atoms with Crippen molar-refractivity contribution in [2.24, 2.45) is 5.92 Å². The molecule has 2 aliphatic rings. The van der Waals surface area contributed by atoms with Crippen LogP contribution in [0.4, 0.5) is 9.59 Å². The fraction of sp³-hybridized carbons (Fsp3) is 0.533. The Kier molecular flexibility index (Phi) is 11.7. The van der Waals surface area contributed by atoms with Crippen molar-refractivity contribution in [1.29, 1.82) is 0 Å². The highest BCUT2D eigenvalue weighted by Gasteiger charge is 2.56. The molecule has 0 saturated carbocycles. The molecule has 2 N–H and O–H groups in total. The fourth-order valence-corrected chi connectivity index (χ4v) is 7.72. The number of carbonyl (C=O) groups is 4. The summed E-state index contributed by atoms with van der Waals surface area (Å²) in [5, 5.41) is 14.5. The third-order valence-corrected chi connectivity index (χ3v) is 10.8. The van der Waals surface area contributed by atoms with Gasteiger partial charge in [-0.2, -0.15) is 0 Å². The van der Waals surface area contributed by atoms with Crippen LogP contribution in [0.2, 0.25) is 0 Å². The molecule has 11 nitrogen and oxygen atoms in total. The number of thiophene rings is 1. The van der Waals surface area contributed by atoms with E-state index in [1.165, 1.54) is 26.0 Å². The number of nitrogens with one attached hydrogen (secondary N) is 1. The van der Waals surface area contributed by atoms with Crippen LogP contribution in [0.15, 0.2) is 47.8 Å². The van der Waals surface area contributed by atoms with Crippen LogP contribution in [0.25, 0.3) is 0 Å². The van der Waals surface area contributed by atoms with Gasteiger partial charge in [-0.05, 0) is 85.9 Å². The van der Waals surface area contributed by atoms with Gasteiger partial charge >= 0.3 is 12.2 Å². The summed E-state index contributed by atoms with van der Waals surface area (Å²) in [5.41, 5.74) is 0.841. The molecule has 0 bridgehead atoms. The third kappa shape index (κ3) is 8.18. The lowest BCUT2D eigenvalue weighted by Gasteiger charge is -2.50. The van der Waals surface area contributed by atoms with Crippen molar-refractivity contribution in [3.63, 3.8) is 0 Å². The average Bonchev–Trinajstić information content (AvgIpc) is 3.53. The molecule has 234 valence electrons. The van der Waals surface area contributed by atoms with E-state index in [1.54, 1.807) is 0 Å². The molecular formula is C30H40IN5O6S. The maximum absolute atomic E-state index is 14.7. The van der Waals surface area contributed by atoms with Gasteiger partial charge in [-0.25, -0.2) is 9.59 Å². The van der Waals surface area contributed by atoms with E-state index in [0.29, 0.717) is 13.0 Å². The first-order valence-electron chi connectivity index (χ1n) is 14.5. The molecule has 2 fully saturated rings. The molecule has 0 radical (unpaired) electrons. The second-order valence-corrected chi connectivity index (χ2v) is 13.9. The number of nitrogens with zero attached hydrogens (tertiary/aromatic N) is 4. The summed E-state index contributed by atoms with van der Waals surface area (Å²) in [6.07, 6.45) is 1.29. The van der Waals surface area contributed by atoms with E-state index in [0.717, 1.165) is 36.2 Å². The number of carboxylic acid groups (broad SMARTS) is 1. The Hall–Kier alpha value is -2.91. The van der Waals surface area contributed by atoms with E-state index >= 15 is 0 Å². The number of rotatable bonds is 10. The molecular weight excluding hydrogens is 685 g/mol. The molecule has 0 spiro atoms. The number of ether oxygens (including phenoxy) is 1. The van der Waals surface area contributed by atoms with Crippen LogP contribution in [0.1, 0.15) is 36.1 Å². The lowest BCUT2D eigenvalue weighted by molar-refractivity contribution is -0.151. The van der Waals surface area contributed by atoms with E-state index < -0.39 is 27.7 Å². The van der Waals surface area contributed by atoms with Crippen LogP contribution in [0, 0.1) is 5.92 Å². The van der Waals surface area contributed by atoms with Gasteiger partial charge in [-0.3, -0.25) is 14.5 Å². The molecule has 1 aromatic heterocycles. The fourth-order valence-electron chi connectivity index (χ4n) is 5.70. The summed E-state index contributed by atoms with van der Waals surface area (Å²) in [4.78, 5) is 61.0. The van der Waals surface area contributed by atoms with Gasteiger partial charge in [0.2, 0.25) is 5.91 Å². The molecule has 13 heteroatoms. The van der Waals surface area contributed by atoms with Crippen LogP contribution >= 0.6 is 33.9 Å². The number of benzene rings is 1. The van der Waals surface area contributed by atoms with Crippen molar-refractivity contribution >= 4 is 57.9 Å². The second-order valence-electron chi connectivity index (χ2n) is 11.2. The zero-order valence-corrected chi connectivity index (χ0v) is 27.6. The number of likely N-dealkylation sites (tertiary alicyclic amines) is 1. The van der Waals surface area contributed by atoms with Crippen LogP contribution < -0.4 is 5.32 Å². The van der Waals surface area contributed by atoms with E-state index in [1.807, 2.05) is 61.9 Å². The number of piperazine rings is 1. The molecule has 2 aliphatic heterocycles. The molecule has 3 atom stereocenters. The van der Waals surface area contributed by atoms with Crippen LogP contribution in [0.5, 0.6) is 0 Å². The van der Waals surface area contributed by atoms with Crippen molar-refractivity contribution in [2.75, 3.05) is 46.8 Å². The Morgan fingerprint density at radius 2 is 1.88 bits per heavy atom. The highest BCUT2D eigenvalue weighted by molar-refractivity contribution is 14.1. The van der Waals surface area contributed by atoms with E-state index in [9.17, 15) is 24.3 Å². The Balaban J connectivity index is 1.61. The average molecular weight is 726 g/mol. The van der Waals surface area contributed by atoms with E-state index in [2.05, 4.69) is 32.8 Å². The number of piperidine rings is 1. The highest BCUT2D eigenvalue weighted by Crippen LogP contribution is 2.44. The predicted octanol–water partition coefficient (Wildman–Crippen LogP) is 4.08. The highest BCUT2D eigenvalue weighted by atomic mass is 127. The molecule has 2 aromatic rings. The Morgan fingerprint density at radius 3 is 2.56 bits per heavy atom. The summed E-state index contributed by atoms with van der Waals surface area (Å²) >= 11 is 3.61. The minimum Gasteiger partial charge on any atom is -0.465 e. The zero-order valence-electron chi connectivity index (χ0n) is 24.6. The third-order valence-electron chi connectivity index (χ3n) is 7.98. The van der Waals surface area contributed by atoms with Crippen molar-refractivity contribution in [3.05, 3.63) is 58.3 Å². The number of alkyl halides is 1. The van der Waals surface area contributed by atoms with E-state index in [-0.39, 0.29) is 44.6 Å². The Morgan fingerprint density at radius 1 is 1.12 bits per heavy atom. The molecule has 4 rings (SSSR count). The first-order valence-corrected chi connectivity index (χ1v) is 16.5. The smallest absolute Gasteiger partial charge is 0.411 e. The van der Waals surface area contributed by atoms with Gasteiger partial charge in [0.25, 0.3) is 5.91 Å². The standard InChI is InChI=1S/C30H40IN5O6S/c1-33(2)14-6-11-23-12-7-15-36(29(41)42-21-22-9-4-3-5-10-22)30(23,31)27(38)35-17-16-34(28(39)40)20-25(35)26(37)32-19-24-13-8-18-43-24/h3-5,8-10,13,18,23,25H,6-7,11-12,14-17,19-21H2,1-2H3,(H,32,37)(H,39,40)/t23-,25?,30-/m0/s1. The van der Waals surface area contributed by atoms with Crippen LogP contribution in [0.3, 0.4) is 0 Å². The van der Waals surface area contributed by atoms with Gasteiger partial charge in [-0.15, -0.1) is 11.3 Å². The van der Waals surface area contributed by atoms with Gasteiger partial charge in [0.1, 0.15) is 12.6 Å². The lowest BCUT2D eigenvalue weighted by Crippen LogP contribution is -2.69.